The van der Waals surface area contributed by atoms with Crippen molar-refractivity contribution in [2.75, 3.05) is 0 Å². The van der Waals surface area contributed by atoms with Crippen LogP contribution in [0, 0.1) is 11.3 Å². The Bertz CT molecular complexity index is 1100. The molecular formula is C16H9N3O2S. The minimum absolute atomic E-state index is 0.218. The van der Waals surface area contributed by atoms with Gasteiger partial charge in [-0.1, -0.05) is 18.2 Å². The first-order valence-electron chi connectivity index (χ1n) is 6.56. The Hall–Kier alpha value is -2.91. The highest BCUT2D eigenvalue weighted by Crippen LogP contribution is 2.32. The van der Waals surface area contributed by atoms with Crippen molar-refractivity contribution in [2.45, 2.75) is 4.90 Å². The van der Waals surface area contributed by atoms with Gasteiger partial charge in [-0.2, -0.15) is 18.1 Å². The lowest BCUT2D eigenvalue weighted by atomic mass is 10.0. The number of benzene rings is 2. The average molecular weight is 307 g/mol. The van der Waals surface area contributed by atoms with E-state index in [0.29, 0.717) is 22.4 Å². The molecule has 2 heterocycles. The van der Waals surface area contributed by atoms with Crippen LogP contribution in [0.15, 0.2) is 58.0 Å². The quantitative estimate of drug-likeness (QED) is 0.749. The molecule has 0 atom stereocenters. The third kappa shape index (κ3) is 1.70. The molecule has 0 aliphatic carbocycles. The number of H-pyrrole nitrogens is 1. The molecule has 0 saturated carbocycles. The summed E-state index contributed by atoms with van der Waals surface area (Å²) in [6, 6.07) is 14.1. The Morgan fingerprint density at radius 1 is 1.09 bits per heavy atom. The van der Waals surface area contributed by atoms with Gasteiger partial charge in [0.05, 0.1) is 22.2 Å². The lowest BCUT2D eigenvalue weighted by molar-refractivity contribution is 0.599. The fourth-order valence-electron chi connectivity index (χ4n) is 2.69. The van der Waals surface area contributed by atoms with Gasteiger partial charge in [0, 0.05) is 28.2 Å². The molecule has 1 aliphatic rings. The van der Waals surface area contributed by atoms with E-state index in [-0.39, 0.29) is 4.90 Å². The molecule has 1 aromatic heterocycles. The van der Waals surface area contributed by atoms with E-state index in [9.17, 15) is 8.42 Å². The molecule has 0 radical (unpaired) electrons. The molecule has 0 unspecified atom stereocenters. The van der Waals surface area contributed by atoms with Crippen molar-refractivity contribution in [1.82, 2.24) is 4.98 Å². The van der Waals surface area contributed by atoms with Crippen LogP contribution in [0.3, 0.4) is 0 Å². The summed E-state index contributed by atoms with van der Waals surface area (Å²) in [6.07, 6.45) is 1.72. The molecule has 0 bridgehead atoms. The van der Waals surface area contributed by atoms with Gasteiger partial charge in [-0.05, 0) is 24.3 Å². The molecule has 1 N–H and O–H groups in total. The number of aromatic amines is 1. The highest BCUT2D eigenvalue weighted by molar-refractivity contribution is 7.90. The van der Waals surface area contributed by atoms with Crippen LogP contribution in [0.2, 0.25) is 0 Å². The molecule has 1 aliphatic heterocycles. The molecular weight excluding hydrogens is 298 g/mol. The van der Waals surface area contributed by atoms with Crippen LogP contribution < -0.4 is 0 Å². The third-order valence-corrected chi connectivity index (χ3v) is 5.03. The van der Waals surface area contributed by atoms with E-state index >= 15 is 0 Å². The first-order chi connectivity index (χ1) is 10.6. The van der Waals surface area contributed by atoms with Crippen molar-refractivity contribution in [2.24, 2.45) is 4.40 Å². The summed E-state index contributed by atoms with van der Waals surface area (Å²) in [4.78, 5) is 3.31. The monoisotopic (exact) mass is 307 g/mol. The summed E-state index contributed by atoms with van der Waals surface area (Å²) < 4.78 is 28.3. The molecule has 106 valence electrons. The second kappa shape index (κ2) is 4.29. The van der Waals surface area contributed by atoms with E-state index < -0.39 is 10.0 Å². The molecule has 0 saturated heterocycles. The normalized spacial score (nSPS) is 15.3. The predicted molar refractivity (Wildman–Crippen MR) is 82.3 cm³/mol. The van der Waals surface area contributed by atoms with E-state index in [2.05, 4.69) is 15.5 Å². The summed E-state index contributed by atoms with van der Waals surface area (Å²) in [6.45, 7) is 0. The third-order valence-electron chi connectivity index (χ3n) is 3.70. The van der Waals surface area contributed by atoms with Crippen LogP contribution in [-0.2, 0) is 10.0 Å². The summed E-state index contributed by atoms with van der Waals surface area (Å²) in [5.41, 5.74) is 3.03. The number of nitrogens with one attached hydrogen (secondary N) is 1. The van der Waals surface area contributed by atoms with Gasteiger partial charge in [-0.15, -0.1) is 0 Å². The number of sulfonamides is 1. The molecule has 0 fully saturated rings. The molecule has 5 nitrogen and oxygen atoms in total. The van der Waals surface area contributed by atoms with Gasteiger partial charge in [0.25, 0.3) is 10.0 Å². The highest BCUT2D eigenvalue weighted by Gasteiger charge is 2.30. The zero-order valence-electron chi connectivity index (χ0n) is 11.2. The Kier molecular flexibility index (Phi) is 2.50. The Labute approximate surface area is 126 Å². The van der Waals surface area contributed by atoms with Crippen molar-refractivity contribution in [3.05, 3.63) is 65.4 Å². The molecule has 3 aromatic rings. The number of aromatic nitrogens is 1. The van der Waals surface area contributed by atoms with Gasteiger partial charge in [-0.3, -0.25) is 0 Å². The minimum atomic E-state index is -3.66. The van der Waals surface area contributed by atoms with Crippen molar-refractivity contribution < 1.29 is 8.42 Å². The Morgan fingerprint density at radius 2 is 1.91 bits per heavy atom. The van der Waals surface area contributed by atoms with Gasteiger partial charge >= 0.3 is 0 Å². The number of rotatable bonds is 1. The van der Waals surface area contributed by atoms with Gasteiger partial charge in [0.2, 0.25) is 0 Å². The largest absolute Gasteiger partial charge is 0.360 e. The van der Waals surface area contributed by atoms with Crippen molar-refractivity contribution >= 4 is 26.6 Å². The molecule has 2 aromatic carbocycles. The summed E-state index contributed by atoms with van der Waals surface area (Å²) in [5.74, 6) is 0. The fraction of sp³-hybridized carbons (Fsp3) is 0. The predicted octanol–water partition coefficient (Wildman–Crippen LogP) is 2.58. The first kappa shape index (κ1) is 12.8. The van der Waals surface area contributed by atoms with Crippen LogP contribution in [0.25, 0.3) is 10.9 Å². The molecule has 6 heteroatoms. The first-order valence-corrected chi connectivity index (χ1v) is 8.00. The smallest absolute Gasteiger partial charge is 0.283 e. The highest BCUT2D eigenvalue weighted by atomic mass is 32.2. The van der Waals surface area contributed by atoms with Crippen LogP contribution in [0.5, 0.6) is 0 Å². The molecule has 0 spiro atoms. The van der Waals surface area contributed by atoms with E-state index in [1.54, 1.807) is 48.7 Å². The SMILES string of the molecule is N#Cc1ccc2[nH]cc(C3=NS(=O)(=O)c4ccccc43)c2c1. The number of fused-ring (bicyclic) bond motifs is 2. The van der Waals surface area contributed by atoms with Gasteiger partial charge in [0.15, 0.2) is 0 Å². The average Bonchev–Trinajstić information content (AvgIpc) is 3.06. The molecule has 0 amide bonds. The standard InChI is InChI=1S/C16H9N3O2S/c17-8-10-5-6-14-12(7-10)13(9-18-14)16-11-3-1-2-4-15(11)22(20,21)19-16/h1-7,9,18H. The van der Waals surface area contributed by atoms with Crippen molar-refractivity contribution in [1.29, 1.82) is 5.26 Å². The summed E-state index contributed by atoms with van der Waals surface area (Å²) >= 11 is 0. The lowest BCUT2D eigenvalue weighted by Crippen LogP contribution is -1.99. The van der Waals surface area contributed by atoms with Gasteiger partial charge < -0.3 is 4.98 Å². The van der Waals surface area contributed by atoms with Gasteiger partial charge in [0.1, 0.15) is 0 Å². The zero-order valence-corrected chi connectivity index (χ0v) is 12.1. The number of hydrogen-bond acceptors (Lipinski definition) is 3. The Balaban J connectivity index is 2.03. The van der Waals surface area contributed by atoms with E-state index in [1.807, 2.05) is 0 Å². The second-order valence-corrected chi connectivity index (χ2v) is 6.56. The lowest BCUT2D eigenvalue weighted by Gasteiger charge is -2.01. The maximum atomic E-state index is 12.2. The van der Waals surface area contributed by atoms with Gasteiger partial charge in [-0.25, -0.2) is 0 Å². The number of hydrogen-bond donors (Lipinski definition) is 1. The van der Waals surface area contributed by atoms with Crippen LogP contribution >= 0.6 is 0 Å². The van der Waals surface area contributed by atoms with Crippen LogP contribution in [0.1, 0.15) is 16.7 Å². The van der Waals surface area contributed by atoms with E-state index in [1.165, 1.54) is 0 Å². The maximum Gasteiger partial charge on any atom is 0.283 e. The van der Waals surface area contributed by atoms with E-state index in [0.717, 1.165) is 10.9 Å². The zero-order chi connectivity index (χ0) is 15.3. The van der Waals surface area contributed by atoms with Crippen LogP contribution in [-0.4, -0.2) is 19.1 Å². The topological polar surface area (TPSA) is 86.1 Å². The number of nitriles is 1. The number of nitrogens with zero attached hydrogens (tertiary/aromatic N) is 2. The van der Waals surface area contributed by atoms with E-state index in [4.69, 9.17) is 5.26 Å². The summed E-state index contributed by atoms with van der Waals surface area (Å²) in [5, 5.41) is 9.83. The second-order valence-electron chi connectivity index (χ2n) is 4.99. The van der Waals surface area contributed by atoms with Crippen molar-refractivity contribution in [3.63, 3.8) is 0 Å². The summed E-state index contributed by atoms with van der Waals surface area (Å²) in [7, 11) is -3.66. The van der Waals surface area contributed by atoms with Crippen LogP contribution in [0.4, 0.5) is 0 Å². The minimum Gasteiger partial charge on any atom is -0.360 e. The maximum absolute atomic E-state index is 12.2. The van der Waals surface area contributed by atoms with Crippen molar-refractivity contribution in [3.8, 4) is 6.07 Å². The fourth-order valence-corrected chi connectivity index (χ4v) is 3.91. The Morgan fingerprint density at radius 3 is 2.73 bits per heavy atom. The molecule has 4 rings (SSSR count). The molecule has 22 heavy (non-hydrogen) atoms.